The molecule has 7 heteroatoms. The maximum atomic E-state index is 12.9. The van der Waals surface area contributed by atoms with Crippen molar-refractivity contribution in [2.24, 2.45) is 0 Å². The highest BCUT2D eigenvalue weighted by Gasteiger charge is 2.20. The minimum atomic E-state index is -0.240. The minimum absolute atomic E-state index is 0.0415. The molecular weight excluding hydrogens is 384 g/mol. The van der Waals surface area contributed by atoms with Gasteiger partial charge in [-0.05, 0) is 48.7 Å². The predicted octanol–water partition coefficient (Wildman–Crippen LogP) is 2.73. The van der Waals surface area contributed by atoms with E-state index in [0.717, 1.165) is 22.4 Å². The number of anilines is 1. The largest absolute Gasteiger partial charge is 0.486 e. The number of hydrogen-bond acceptors (Lipinski definition) is 5. The Bertz CT molecular complexity index is 912. The Morgan fingerprint density at radius 3 is 2.63 bits per heavy atom. The molecule has 0 aromatic heterocycles. The molecule has 1 aliphatic heterocycles. The highest BCUT2D eigenvalue weighted by Crippen LogP contribution is 2.31. The number of carbonyl (C=O) groups is 2. The SMILES string of the molecule is COCCN(CC(=O)Nc1cccc(C)c1C)C(=O)Cc1ccc2c(c1)OCCO2. The maximum Gasteiger partial charge on any atom is 0.244 e. The van der Waals surface area contributed by atoms with Crippen molar-refractivity contribution in [1.82, 2.24) is 4.90 Å². The normalized spacial score (nSPS) is 12.4. The number of rotatable bonds is 8. The van der Waals surface area contributed by atoms with E-state index in [1.54, 1.807) is 7.11 Å². The number of ether oxygens (including phenoxy) is 3. The van der Waals surface area contributed by atoms with Gasteiger partial charge in [-0.15, -0.1) is 0 Å². The van der Waals surface area contributed by atoms with Crippen LogP contribution < -0.4 is 14.8 Å². The zero-order valence-electron chi connectivity index (χ0n) is 17.7. The molecule has 2 aromatic rings. The molecule has 1 heterocycles. The van der Waals surface area contributed by atoms with Crippen molar-refractivity contribution in [2.45, 2.75) is 20.3 Å². The average molecular weight is 412 g/mol. The van der Waals surface area contributed by atoms with Gasteiger partial charge in [0, 0.05) is 19.3 Å². The van der Waals surface area contributed by atoms with Crippen LogP contribution in [0.25, 0.3) is 0 Å². The van der Waals surface area contributed by atoms with Gasteiger partial charge in [-0.1, -0.05) is 18.2 Å². The lowest BCUT2D eigenvalue weighted by Gasteiger charge is -2.23. The summed E-state index contributed by atoms with van der Waals surface area (Å²) in [6.45, 7) is 5.60. The average Bonchev–Trinajstić information content (AvgIpc) is 2.74. The van der Waals surface area contributed by atoms with E-state index in [1.807, 2.05) is 50.2 Å². The van der Waals surface area contributed by atoms with Gasteiger partial charge in [-0.3, -0.25) is 9.59 Å². The van der Waals surface area contributed by atoms with Crippen molar-refractivity contribution < 1.29 is 23.8 Å². The van der Waals surface area contributed by atoms with Crippen LogP contribution >= 0.6 is 0 Å². The van der Waals surface area contributed by atoms with Crippen LogP contribution in [0, 0.1) is 13.8 Å². The summed E-state index contributed by atoms with van der Waals surface area (Å²) >= 11 is 0. The lowest BCUT2D eigenvalue weighted by Crippen LogP contribution is -2.40. The fraction of sp³-hybridized carbons (Fsp3) is 0.391. The van der Waals surface area contributed by atoms with Crippen molar-refractivity contribution in [3.63, 3.8) is 0 Å². The van der Waals surface area contributed by atoms with Gasteiger partial charge < -0.3 is 24.4 Å². The third-order valence-corrected chi connectivity index (χ3v) is 5.09. The van der Waals surface area contributed by atoms with Gasteiger partial charge >= 0.3 is 0 Å². The van der Waals surface area contributed by atoms with Crippen LogP contribution in [-0.2, 0) is 20.7 Å². The molecule has 30 heavy (non-hydrogen) atoms. The summed E-state index contributed by atoms with van der Waals surface area (Å²) in [4.78, 5) is 27.0. The van der Waals surface area contributed by atoms with Crippen LogP contribution in [0.4, 0.5) is 5.69 Å². The number of methoxy groups -OCH3 is 1. The Kier molecular flexibility index (Phi) is 7.30. The molecule has 3 rings (SSSR count). The first-order valence-corrected chi connectivity index (χ1v) is 9.99. The topological polar surface area (TPSA) is 77.1 Å². The first-order valence-electron chi connectivity index (χ1n) is 9.99. The van der Waals surface area contributed by atoms with Crippen molar-refractivity contribution in [3.8, 4) is 11.5 Å². The lowest BCUT2D eigenvalue weighted by atomic mass is 10.1. The Morgan fingerprint density at radius 1 is 1.10 bits per heavy atom. The Morgan fingerprint density at radius 2 is 1.87 bits per heavy atom. The number of fused-ring (bicyclic) bond motifs is 1. The van der Waals surface area contributed by atoms with Gasteiger partial charge in [0.2, 0.25) is 11.8 Å². The van der Waals surface area contributed by atoms with E-state index in [-0.39, 0.29) is 24.8 Å². The Labute approximate surface area is 176 Å². The quantitative estimate of drug-likeness (QED) is 0.721. The number of aryl methyl sites for hydroxylation is 1. The summed E-state index contributed by atoms with van der Waals surface area (Å²) in [5.41, 5.74) is 3.67. The number of amides is 2. The van der Waals surface area contributed by atoms with E-state index < -0.39 is 0 Å². The van der Waals surface area contributed by atoms with Crippen LogP contribution in [-0.4, -0.2) is 56.7 Å². The number of carbonyl (C=O) groups excluding carboxylic acids is 2. The summed E-state index contributed by atoms with van der Waals surface area (Å²) in [7, 11) is 1.57. The van der Waals surface area contributed by atoms with Crippen LogP contribution in [0.15, 0.2) is 36.4 Å². The second-order valence-electron chi connectivity index (χ2n) is 7.26. The zero-order valence-corrected chi connectivity index (χ0v) is 17.7. The molecule has 0 atom stereocenters. The first-order chi connectivity index (χ1) is 14.5. The second-order valence-corrected chi connectivity index (χ2v) is 7.26. The Hall–Kier alpha value is -3.06. The molecule has 160 valence electrons. The van der Waals surface area contributed by atoms with E-state index in [1.165, 1.54) is 4.90 Å². The molecule has 0 aliphatic carbocycles. The molecular formula is C23H28N2O5. The fourth-order valence-corrected chi connectivity index (χ4v) is 3.23. The molecule has 0 saturated carbocycles. The monoisotopic (exact) mass is 412 g/mol. The second kappa shape index (κ2) is 10.1. The standard InChI is InChI=1S/C23H28N2O5/c1-16-5-4-6-19(17(16)2)24-22(26)15-25(9-10-28-3)23(27)14-18-7-8-20-21(13-18)30-12-11-29-20/h4-8,13H,9-12,14-15H2,1-3H3,(H,24,26). The third-order valence-electron chi connectivity index (χ3n) is 5.09. The fourth-order valence-electron chi connectivity index (χ4n) is 3.23. The van der Waals surface area contributed by atoms with Gasteiger partial charge in [-0.2, -0.15) is 0 Å². The van der Waals surface area contributed by atoms with Gasteiger partial charge in [0.1, 0.15) is 13.2 Å². The molecule has 2 aromatic carbocycles. The van der Waals surface area contributed by atoms with Crippen molar-refractivity contribution >= 4 is 17.5 Å². The first kappa shape index (κ1) is 21.6. The highest BCUT2D eigenvalue weighted by molar-refractivity contribution is 5.95. The number of benzene rings is 2. The summed E-state index contributed by atoms with van der Waals surface area (Å²) < 4.78 is 16.2. The molecule has 0 bridgehead atoms. The number of nitrogens with one attached hydrogen (secondary N) is 1. The molecule has 7 nitrogen and oxygen atoms in total. The van der Waals surface area contributed by atoms with Gasteiger partial charge in [0.05, 0.1) is 19.6 Å². The summed E-state index contributed by atoms with van der Waals surface area (Å²) in [5, 5.41) is 2.91. The smallest absolute Gasteiger partial charge is 0.244 e. The molecule has 0 fully saturated rings. The maximum absolute atomic E-state index is 12.9. The van der Waals surface area contributed by atoms with Crippen LogP contribution in [0.2, 0.25) is 0 Å². The molecule has 0 unspecified atom stereocenters. The van der Waals surface area contributed by atoms with Gasteiger partial charge in [-0.25, -0.2) is 0 Å². The van der Waals surface area contributed by atoms with E-state index in [4.69, 9.17) is 14.2 Å². The number of nitrogens with zero attached hydrogens (tertiary/aromatic N) is 1. The summed E-state index contributed by atoms with van der Waals surface area (Å²) in [5.74, 6) is 0.930. The Balaban J connectivity index is 1.66. The molecule has 1 aliphatic rings. The zero-order chi connectivity index (χ0) is 21.5. The van der Waals surface area contributed by atoms with Gasteiger partial charge in [0.15, 0.2) is 11.5 Å². The molecule has 0 radical (unpaired) electrons. The summed E-state index contributed by atoms with van der Waals surface area (Å²) in [6, 6.07) is 11.2. The van der Waals surface area contributed by atoms with Crippen molar-refractivity contribution in [3.05, 3.63) is 53.1 Å². The third kappa shape index (κ3) is 5.51. The molecule has 2 amide bonds. The van der Waals surface area contributed by atoms with E-state index >= 15 is 0 Å². The van der Waals surface area contributed by atoms with Gasteiger partial charge in [0.25, 0.3) is 0 Å². The van der Waals surface area contributed by atoms with Crippen LogP contribution in [0.5, 0.6) is 11.5 Å². The highest BCUT2D eigenvalue weighted by atomic mass is 16.6. The summed E-state index contributed by atoms with van der Waals surface area (Å²) in [6.07, 6.45) is 0.164. The number of hydrogen-bond donors (Lipinski definition) is 1. The molecule has 1 N–H and O–H groups in total. The van der Waals surface area contributed by atoms with Crippen LogP contribution in [0.1, 0.15) is 16.7 Å². The molecule has 0 spiro atoms. The minimum Gasteiger partial charge on any atom is -0.486 e. The van der Waals surface area contributed by atoms with Crippen molar-refractivity contribution in [2.75, 3.05) is 45.3 Å². The van der Waals surface area contributed by atoms with Crippen LogP contribution in [0.3, 0.4) is 0 Å². The predicted molar refractivity (Wildman–Crippen MR) is 114 cm³/mol. The molecule has 0 saturated heterocycles. The van der Waals surface area contributed by atoms with Crippen molar-refractivity contribution in [1.29, 1.82) is 0 Å². The van der Waals surface area contributed by atoms with E-state index in [0.29, 0.717) is 37.9 Å². The lowest BCUT2D eigenvalue weighted by molar-refractivity contribution is -0.134. The van der Waals surface area contributed by atoms with E-state index in [2.05, 4.69) is 5.32 Å². The van der Waals surface area contributed by atoms with E-state index in [9.17, 15) is 9.59 Å².